The van der Waals surface area contributed by atoms with Crippen LogP contribution in [0, 0.1) is 5.92 Å². The van der Waals surface area contributed by atoms with Crippen LogP contribution in [0.3, 0.4) is 0 Å². The number of nitrogens with one attached hydrogen (secondary N) is 1. The summed E-state index contributed by atoms with van der Waals surface area (Å²) < 4.78 is 19.7. The predicted molar refractivity (Wildman–Crippen MR) is 142 cm³/mol. The van der Waals surface area contributed by atoms with E-state index in [2.05, 4.69) is 49.6 Å². The molecular weight excluding hydrogens is 415 g/mol. The molecule has 7 heteroatoms. The van der Waals surface area contributed by atoms with Crippen LogP contribution < -0.4 is 5.32 Å². The molecule has 0 aromatic rings. The molecule has 0 bridgehead atoms. The summed E-state index contributed by atoms with van der Waals surface area (Å²) in [6.07, 6.45) is 12.4. The van der Waals surface area contributed by atoms with Gasteiger partial charge in [0, 0.05) is 12.4 Å². The van der Waals surface area contributed by atoms with Crippen LogP contribution in [0.1, 0.15) is 108 Å². The van der Waals surface area contributed by atoms with Crippen molar-refractivity contribution in [3.8, 4) is 0 Å². The number of allylic oxidation sites excluding steroid dienone is 2. The topological polar surface area (TPSA) is 77.0 Å². The number of unbranched alkanes of at least 4 members (excludes halogenated alkanes) is 1. The van der Waals surface area contributed by atoms with Crippen molar-refractivity contribution in [3.63, 3.8) is 0 Å². The number of carbonyl (C=O) groups excluding carboxylic acids is 1. The van der Waals surface area contributed by atoms with Crippen molar-refractivity contribution in [3.05, 3.63) is 23.5 Å². The van der Waals surface area contributed by atoms with Crippen molar-refractivity contribution in [2.75, 3.05) is 6.61 Å². The van der Waals surface area contributed by atoms with Crippen molar-refractivity contribution in [2.45, 2.75) is 120 Å². The Morgan fingerprint density at radius 1 is 1.21 bits per heavy atom. The molecule has 1 aliphatic heterocycles. The minimum Gasteiger partial charge on any atom is -0.328 e. The number of ether oxygens (including phenoxy) is 1. The van der Waals surface area contributed by atoms with Gasteiger partial charge < -0.3 is 5.32 Å². The number of hydrogen-bond donors (Lipinski definition) is 1. The van der Waals surface area contributed by atoms with E-state index >= 15 is 0 Å². The van der Waals surface area contributed by atoms with Crippen LogP contribution >= 0.6 is 0 Å². The Hall–Kier alpha value is -1.76. The minimum atomic E-state index is -0.137. The van der Waals surface area contributed by atoms with Gasteiger partial charge in [-0.15, -0.1) is 0 Å². The molecule has 1 rings (SSSR count). The monoisotopic (exact) mass is 466 g/mol. The summed E-state index contributed by atoms with van der Waals surface area (Å²) in [5, 5.41) is 2.75. The number of hydrogen-bond acceptors (Lipinski definition) is 5. The second-order valence-electron chi connectivity index (χ2n) is 7.96. The molecule has 0 aromatic carbocycles. The number of nitrogens with zero attached hydrogens (tertiary/aromatic N) is 1. The van der Waals surface area contributed by atoms with Crippen LogP contribution in [0.2, 0.25) is 0 Å². The van der Waals surface area contributed by atoms with Gasteiger partial charge in [0.15, 0.2) is 0 Å². The van der Waals surface area contributed by atoms with E-state index in [1.165, 1.54) is 6.42 Å². The van der Waals surface area contributed by atoms with Gasteiger partial charge in [-0.1, -0.05) is 67.4 Å². The molecule has 1 N–H and O–H groups in total. The Balaban J connectivity index is -0.000000500. The van der Waals surface area contributed by atoms with E-state index in [0.717, 1.165) is 37.7 Å². The molecule has 1 saturated heterocycles. The molecule has 1 heterocycles. The van der Waals surface area contributed by atoms with Gasteiger partial charge in [-0.2, -0.15) is 0 Å². The van der Waals surface area contributed by atoms with Gasteiger partial charge in [-0.3, -0.25) is 9.79 Å². The van der Waals surface area contributed by atoms with E-state index in [1.807, 2.05) is 46.9 Å². The number of carbonyl (C=O) groups is 1. The molecule has 0 aliphatic carbocycles. The molecule has 192 valence electrons. The average Bonchev–Trinajstić information content (AvgIpc) is 3.22. The molecule has 0 aromatic heterocycles. The zero-order valence-corrected chi connectivity index (χ0v) is 23.1. The van der Waals surface area contributed by atoms with Crippen molar-refractivity contribution >= 4 is 19.5 Å². The average molecular weight is 467 g/mol. The smallest absolute Gasteiger partial charge is 0.273 e. The molecule has 1 amide bonds. The van der Waals surface area contributed by atoms with Crippen LogP contribution in [-0.4, -0.2) is 38.3 Å². The van der Waals surface area contributed by atoms with E-state index in [-0.39, 0.29) is 12.0 Å². The van der Waals surface area contributed by atoms with E-state index in [0.29, 0.717) is 31.7 Å². The van der Waals surface area contributed by atoms with Gasteiger partial charge in [0.05, 0.1) is 0 Å². The normalized spacial score (nSPS) is 17.4. The first-order valence-electron chi connectivity index (χ1n) is 12.6. The summed E-state index contributed by atoms with van der Waals surface area (Å²) in [5.41, 5.74) is 1.44. The van der Waals surface area contributed by atoms with Gasteiger partial charge in [0.25, 0.3) is 5.91 Å². The summed E-state index contributed by atoms with van der Waals surface area (Å²) in [5.74, 6) is 0.254. The standard InChI is InChI=1S/C15H26N2O.C6H11BO3.C3H8.C2H6/c1-6-8-9-10-16-15(18)14(12(3)4)17-11-13(5)7-2;1-5-2-3-6(10-5)4-9-7-8;1-3-2;1-2/h9-11,13H,6-8H2,1-5H3,(H,16,18);5-6H,2-4H2,1H3;3H2,1-2H3;1-2H3/b10-9+,17-11?;;;. The van der Waals surface area contributed by atoms with E-state index in [4.69, 9.17) is 4.74 Å². The molecular formula is C26H51BN2O4. The summed E-state index contributed by atoms with van der Waals surface area (Å²) >= 11 is 0. The van der Waals surface area contributed by atoms with Crippen molar-refractivity contribution in [1.29, 1.82) is 0 Å². The summed E-state index contributed by atoms with van der Waals surface area (Å²) in [4.78, 5) is 16.2. The van der Waals surface area contributed by atoms with Crippen molar-refractivity contribution in [1.82, 2.24) is 5.32 Å². The fraction of sp³-hybridized carbons (Fsp3) is 0.769. The van der Waals surface area contributed by atoms with E-state index in [9.17, 15) is 9.50 Å². The second kappa shape index (κ2) is 26.5. The van der Waals surface area contributed by atoms with E-state index < -0.39 is 0 Å². The quantitative estimate of drug-likeness (QED) is 0.218. The Labute approximate surface area is 205 Å². The zero-order chi connectivity index (χ0) is 26.1. The summed E-state index contributed by atoms with van der Waals surface area (Å²) in [7, 11) is 0.465. The molecule has 6 nitrogen and oxygen atoms in total. The van der Waals surface area contributed by atoms with Gasteiger partial charge >= 0.3 is 60.0 Å². The number of aliphatic imine (C=N–C) groups is 1. The van der Waals surface area contributed by atoms with Gasteiger partial charge in [-0.05, 0) is 38.2 Å². The molecule has 0 radical (unpaired) electrons. The van der Waals surface area contributed by atoms with Gasteiger partial charge in [0.1, 0.15) is 5.70 Å². The molecule has 3 unspecified atom stereocenters. The van der Waals surface area contributed by atoms with Crippen LogP contribution in [0.15, 0.2) is 28.5 Å². The summed E-state index contributed by atoms with van der Waals surface area (Å²) in [6, 6.07) is 0. The van der Waals surface area contributed by atoms with Crippen molar-refractivity contribution in [2.24, 2.45) is 10.9 Å². The fourth-order valence-electron chi connectivity index (χ4n) is 2.33. The number of amides is 1. The molecule has 1 fully saturated rings. The van der Waals surface area contributed by atoms with Crippen LogP contribution in [0.5, 0.6) is 0 Å². The third-order valence-electron chi connectivity index (χ3n) is 4.25. The van der Waals surface area contributed by atoms with Gasteiger partial charge in [0.2, 0.25) is 0 Å². The third-order valence-corrected chi connectivity index (χ3v) is 4.25. The largest absolute Gasteiger partial charge is 0.328 e. The zero-order valence-electron chi connectivity index (χ0n) is 23.1. The molecule has 0 spiro atoms. The van der Waals surface area contributed by atoms with Crippen LogP contribution in [0.4, 0.5) is 0 Å². The first-order valence-corrected chi connectivity index (χ1v) is 12.6. The molecule has 3 atom stereocenters. The summed E-state index contributed by atoms with van der Waals surface area (Å²) in [6.45, 7) is 20.8. The second-order valence-corrected chi connectivity index (χ2v) is 7.96. The Morgan fingerprint density at radius 2 is 1.82 bits per heavy atom. The SMILES string of the molecule is CC.CC1CCC(COB=O)O1.CCC.CCC/C=C/NC(=O)C(N=CC(C)CC)=C(C)C. The Bertz CT molecular complexity index is 558. The third kappa shape index (κ3) is 23.2. The van der Waals surface area contributed by atoms with Crippen LogP contribution in [-0.2, 0) is 18.9 Å². The van der Waals surface area contributed by atoms with Crippen molar-refractivity contribution < 1.29 is 18.9 Å². The molecule has 33 heavy (non-hydrogen) atoms. The molecule has 0 saturated carbocycles. The minimum absolute atomic E-state index is 0.137. The maximum absolute atomic E-state index is 11.9. The maximum Gasteiger partial charge on any atom is 0.273 e. The number of rotatable bonds is 10. The maximum atomic E-state index is 11.9. The first-order chi connectivity index (χ1) is 15.8. The van der Waals surface area contributed by atoms with E-state index in [1.54, 1.807) is 6.20 Å². The fourth-order valence-corrected chi connectivity index (χ4v) is 2.33. The van der Waals surface area contributed by atoms with Gasteiger partial charge in [-0.25, -0.2) is 0 Å². The first kappa shape index (κ1) is 35.8. The van der Waals surface area contributed by atoms with Crippen LogP contribution in [0.25, 0.3) is 0 Å². The Morgan fingerprint density at radius 3 is 2.24 bits per heavy atom. The Kier molecular flexibility index (Phi) is 28.8. The molecule has 1 aliphatic rings. The predicted octanol–water partition coefficient (Wildman–Crippen LogP) is 6.80.